The third-order valence-electron chi connectivity index (χ3n) is 6.13. The van der Waals surface area contributed by atoms with Crippen LogP contribution in [0.4, 0.5) is 27.8 Å². The summed E-state index contributed by atoms with van der Waals surface area (Å²) in [6, 6.07) is 7.28. The van der Waals surface area contributed by atoms with Gasteiger partial charge in [-0.3, -0.25) is 0 Å². The lowest BCUT2D eigenvalue weighted by Gasteiger charge is -2.29. The van der Waals surface area contributed by atoms with Crippen molar-refractivity contribution < 1.29 is 4.39 Å². The Kier molecular flexibility index (Phi) is 6.63. The molecule has 0 spiro atoms. The second-order valence-corrected chi connectivity index (χ2v) is 9.66. The van der Waals surface area contributed by atoms with E-state index in [1.54, 1.807) is 0 Å². The summed E-state index contributed by atoms with van der Waals surface area (Å²) in [7, 11) is 3.78. The number of hydrogen-bond acceptors (Lipinski definition) is 8. The number of benzene rings is 1. The molecule has 2 N–H and O–H groups in total. The summed E-state index contributed by atoms with van der Waals surface area (Å²) in [5.41, 5.74) is 3.04. The molecular formula is C25H29ClFN9. The molecule has 1 aromatic carbocycles. The van der Waals surface area contributed by atoms with Gasteiger partial charge in [0.25, 0.3) is 0 Å². The fourth-order valence-electron chi connectivity index (χ4n) is 4.42. The quantitative estimate of drug-likeness (QED) is 0.393. The highest BCUT2D eigenvalue weighted by atomic mass is 35.5. The van der Waals surface area contributed by atoms with Crippen LogP contribution in [0.25, 0.3) is 22.3 Å². The molecule has 0 amide bonds. The molecule has 11 heteroatoms. The standard InChI is InChI=1S/C25H29ClFN9/c1-15(2)36-20-12-16(11-19(27)23(20)33-25(36)34(3)4)22-18(26)14-30-24(32-22)31-21-6-5-17(13-29-21)35-9-7-28-8-10-35/h5-6,11-15,28H,7-10H2,1-4H3,(H,29,30,31,32). The highest BCUT2D eigenvalue weighted by Crippen LogP contribution is 2.34. The average Bonchev–Trinajstić information content (AvgIpc) is 3.27. The highest BCUT2D eigenvalue weighted by Gasteiger charge is 2.20. The predicted molar refractivity (Wildman–Crippen MR) is 143 cm³/mol. The molecule has 188 valence electrons. The number of imidazole rings is 1. The van der Waals surface area contributed by atoms with Crippen LogP contribution in [0, 0.1) is 5.82 Å². The number of halogens is 2. The lowest BCUT2D eigenvalue weighted by atomic mass is 10.1. The Balaban J connectivity index is 1.47. The number of fused-ring (bicyclic) bond motifs is 1. The molecular weight excluding hydrogens is 481 g/mol. The smallest absolute Gasteiger partial charge is 0.228 e. The third kappa shape index (κ3) is 4.66. The van der Waals surface area contributed by atoms with Crippen molar-refractivity contribution >= 4 is 46.0 Å². The Morgan fingerprint density at radius 1 is 1.08 bits per heavy atom. The lowest BCUT2D eigenvalue weighted by Crippen LogP contribution is -2.43. The zero-order valence-corrected chi connectivity index (χ0v) is 21.5. The van der Waals surface area contributed by atoms with Gasteiger partial charge in [0, 0.05) is 51.9 Å². The summed E-state index contributed by atoms with van der Waals surface area (Å²) in [5.74, 6) is 1.18. The van der Waals surface area contributed by atoms with Gasteiger partial charge in [0.05, 0.1) is 34.3 Å². The van der Waals surface area contributed by atoms with Crippen LogP contribution >= 0.6 is 11.6 Å². The average molecular weight is 510 g/mol. The van der Waals surface area contributed by atoms with Crippen LogP contribution in [0.2, 0.25) is 5.02 Å². The van der Waals surface area contributed by atoms with E-state index in [0.29, 0.717) is 45.0 Å². The Labute approximate surface area is 214 Å². The molecule has 9 nitrogen and oxygen atoms in total. The fourth-order valence-corrected chi connectivity index (χ4v) is 4.62. The monoisotopic (exact) mass is 509 g/mol. The van der Waals surface area contributed by atoms with Crippen LogP contribution < -0.4 is 20.4 Å². The number of pyridine rings is 1. The number of rotatable bonds is 6. The zero-order chi connectivity index (χ0) is 25.4. The Hall–Kier alpha value is -3.50. The maximum absolute atomic E-state index is 15.2. The first kappa shape index (κ1) is 24.2. The zero-order valence-electron chi connectivity index (χ0n) is 20.8. The molecule has 5 rings (SSSR count). The number of aromatic nitrogens is 5. The topological polar surface area (TPSA) is 87.0 Å². The summed E-state index contributed by atoms with van der Waals surface area (Å²) in [5, 5.41) is 6.80. The molecule has 0 radical (unpaired) electrons. The molecule has 0 saturated carbocycles. The summed E-state index contributed by atoms with van der Waals surface area (Å²) in [6.45, 7) is 7.90. The predicted octanol–water partition coefficient (Wildman–Crippen LogP) is 4.48. The van der Waals surface area contributed by atoms with Crippen LogP contribution in [0.1, 0.15) is 19.9 Å². The summed E-state index contributed by atoms with van der Waals surface area (Å²) >= 11 is 6.47. The van der Waals surface area contributed by atoms with Crippen molar-refractivity contribution in [2.24, 2.45) is 0 Å². The number of hydrogen-bond donors (Lipinski definition) is 2. The molecule has 36 heavy (non-hydrogen) atoms. The van der Waals surface area contributed by atoms with Gasteiger partial charge in [0.2, 0.25) is 11.9 Å². The normalized spacial score (nSPS) is 14.0. The van der Waals surface area contributed by atoms with Gasteiger partial charge in [-0.15, -0.1) is 0 Å². The van der Waals surface area contributed by atoms with Gasteiger partial charge in [-0.2, -0.15) is 0 Å². The molecule has 3 aromatic heterocycles. The number of nitrogens with one attached hydrogen (secondary N) is 2. The van der Waals surface area contributed by atoms with E-state index in [1.807, 2.05) is 61.8 Å². The molecule has 1 aliphatic rings. The van der Waals surface area contributed by atoms with Crippen molar-refractivity contribution in [3.8, 4) is 11.3 Å². The van der Waals surface area contributed by atoms with Crippen molar-refractivity contribution in [1.29, 1.82) is 0 Å². The molecule has 1 saturated heterocycles. The van der Waals surface area contributed by atoms with Gasteiger partial charge >= 0.3 is 0 Å². The van der Waals surface area contributed by atoms with E-state index >= 15 is 4.39 Å². The van der Waals surface area contributed by atoms with Crippen LogP contribution in [0.15, 0.2) is 36.7 Å². The van der Waals surface area contributed by atoms with Crippen molar-refractivity contribution in [2.75, 3.05) is 55.4 Å². The second kappa shape index (κ2) is 9.87. The van der Waals surface area contributed by atoms with Gasteiger partial charge < -0.3 is 25.0 Å². The SMILES string of the molecule is CC(C)n1c(N(C)C)nc2c(F)cc(-c3nc(Nc4ccc(N5CCNCC5)cn4)ncc3Cl)cc21. The van der Waals surface area contributed by atoms with Gasteiger partial charge in [0.15, 0.2) is 5.82 Å². The van der Waals surface area contributed by atoms with Crippen LogP contribution in [-0.2, 0) is 0 Å². The molecule has 1 fully saturated rings. The molecule has 0 bridgehead atoms. The van der Waals surface area contributed by atoms with E-state index in [4.69, 9.17) is 11.6 Å². The number of nitrogens with zero attached hydrogens (tertiary/aromatic N) is 7. The molecule has 1 aliphatic heterocycles. The van der Waals surface area contributed by atoms with E-state index in [-0.39, 0.29) is 6.04 Å². The Morgan fingerprint density at radius 3 is 2.53 bits per heavy atom. The van der Waals surface area contributed by atoms with Gasteiger partial charge in [0.1, 0.15) is 11.3 Å². The van der Waals surface area contributed by atoms with Crippen molar-refractivity contribution in [1.82, 2.24) is 29.8 Å². The highest BCUT2D eigenvalue weighted by molar-refractivity contribution is 6.33. The van der Waals surface area contributed by atoms with E-state index in [0.717, 1.165) is 31.9 Å². The third-order valence-corrected chi connectivity index (χ3v) is 6.41. The van der Waals surface area contributed by atoms with Gasteiger partial charge in [-0.1, -0.05) is 11.6 Å². The molecule has 0 atom stereocenters. The fraction of sp³-hybridized carbons (Fsp3) is 0.360. The summed E-state index contributed by atoms with van der Waals surface area (Å²) in [4.78, 5) is 22.1. The largest absolute Gasteiger partial charge is 0.368 e. The molecule has 0 aliphatic carbocycles. The first-order chi connectivity index (χ1) is 17.3. The lowest BCUT2D eigenvalue weighted by molar-refractivity contribution is 0.589. The second-order valence-electron chi connectivity index (χ2n) is 9.25. The van der Waals surface area contributed by atoms with Crippen LogP contribution in [-0.4, -0.2) is 64.8 Å². The van der Waals surface area contributed by atoms with Gasteiger partial charge in [-0.05, 0) is 38.1 Å². The number of piperazine rings is 1. The molecule has 4 aromatic rings. The maximum atomic E-state index is 15.2. The molecule has 0 unspecified atom stereocenters. The Bertz CT molecular complexity index is 1380. The summed E-state index contributed by atoms with van der Waals surface area (Å²) in [6.07, 6.45) is 3.34. The minimum absolute atomic E-state index is 0.0791. The minimum Gasteiger partial charge on any atom is -0.368 e. The maximum Gasteiger partial charge on any atom is 0.228 e. The van der Waals surface area contributed by atoms with E-state index < -0.39 is 5.82 Å². The minimum atomic E-state index is -0.431. The van der Waals surface area contributed by atoms with E-state index in [9.17, 15) is 0 Å². The van der Waals surface area contributed by atoms with Gasteiger partial charge in [-0.25, -0.2) is 24.3 Å². The first-order valence-corrected chi connectivity index (χ1v) is 12.3. The van der Waals surface area contributed by atoms with Crippen molar-refractivity contribution in [2.45, 2.75) is 19.9 Å². The van der Waals surface area contributed by atoms with E-state index in [2.05, 4.69) is 35.5 Å². The van der Waals surface area contributed by atoms with Crippen LogP contribution in [0.5, 0.6) is 0 Å². The first-order valence-electron chi connectivity index (χ1n) is 11.9. The van der Waals surface area contributed by atoms with E-state index in [1.165, 1.54) is 12.3 Å². The van der Waals surface area contributed by atoms with Crippen molar-refractivity contribution in [3.05, 3.63) is 47.5 Å². The van der Waals surface area contributed by atoms with Crippen molar-refractivity contribution in [3.63, 3.8) is 0 Å². The van der Waals surface area contributed by atoms with Crippen LogP contribution in [0.3, 0.4) is 0 Å². The Morgan fingerprint density at radius 2 is 1.86 bits per heavy atom. The summed E-state index contributed by atoms with van der Waals surface area (Å²) < 4.78 is 17.2. The number of anilines is 4. The molecule has 4 heterocycles.